The number of benzene rings is 2. The molecule has 214 valence electrons. The lowest BCUT2D eigenvalue weighted by Gasteiger charge is -2.32. The Balaban J connectivity index is 1.75. The second-order valence-corrected chi connectivity index (χ2v) is 12.3. The highest BCUT2D eigenvalue weighted by atomic mass is 35.5. The summed E-state index contributed by atoms with van der Waals surface area (Å²) >= 11 is 6.39. The molecular formula is C29H40ClN3O5S. The van der Waals surface area contributed by atoms with Crippen LogP contribution in [0.15, 0.2) is 48.5 Å². The number of nitrogens with one attached hydrogen (secondary N) is 1. The molecular weight excluding hydrogens is 538 g/mol. The average Bonchev–Trinajstić information content (AvgIpc) is 2.91. The summed E-state index contributed by atoms with van der Waals surface area (Å²) in [6.07, 6.45) is 6.72. The molecule has 1 saturated carbocycles. The number of ether oxygens (including phenoxy) is 1. The van der Waals surface area contributed by atoms with Gasteiger partial charge in [-0.05, 0) is 56.9 Å². The minimum absolute atomic E-state index is 0.0638. The summed E-state index contributed by atoms with van der Waals surface area (Å²) in [6.45, 7) is 4.23. The second kappa shape index (κ2) is 14.6. The van der Waals surface area contributed by atoms with Crippen LogP contribution >= 0.6 is 11.6 Å². The Bertz CT molecular complexity index is 1220. The second-order valence-electron chi connectivity index (χ2n) is 9.97. The van der Waals surface area contributed by atoms with Crippen LogP contribution in [0.2, 0.25) is 5.02 Å². The number of sulfonamides is 1. The molecule has 0 aromatic heterocycles. The van der Waals surface area contributed by atoms with Gasteiger partial charge in [-0.2, -0.15) is 0 Å². The lowest BCUT2D eigenvalue weighted by molar-refractivity contribution is -0.141. The number of rotatable bonds is 13. The van der Waals surface area contributed by atoms with E-state index in [1.165, 1.54) is 15.6 Å². The molecule has 1 N–H and O–H groups in total. The fourth-order valence-corrected chi connectivity index (χ4v) is 6.05. The smallest absolute Gasteiger partial charge is 0.242 e. The van der Waals surface area contributed by atoms with E-state index in [-0.39, 0.29) is 43.8 Å². The van der Waals surface area contributed by atoms with E-state index < -0.39 is 16.1 Å². The lowest BCUT2D eigenvalue weighted by atomic mass is 9.95. The van der Waals surface area contributed by atoms with Gasteiger partial charge < -0.3 is 15.0 Å². The number of carbonyl (C=O) groups is 2. The Morgan fingerprint density at radius 1 is 1.08 bits per heavy atom. The van der Waals surface area contributed by atoms with Gasteiger partial charge in [0.2, 0.25) is 21.8 Å². The minimum Gasteiger partial charge on any atom is -0.492 e. The fraction of sp³-hybridized carbons (Fsp3) is 0.517. The highest BCUT2D eigenvalue weighted by molar-refractivity contribution is 7.92. The zero-order chi connectivity index (χ0) is 28.4. The Labute approximate surface area is 237 Å². The molecule has 0 saturated heterocycles. The van der Waals surface area contributed by atoms with E-state index in [9.17, 15) is 18.0 Å². The SMILES string of the molecule is CCOc1ccccc1N(CCCC(=O)N(Cc1ccccc1Cl)[C@@H](C)C(=O)NC1CCCCC1)S(C)(=O)=O. The van der Waals surface area contributed by atoms with Gasteiger partial charge in [-0.15, -0.1) is 0 Å². The summed E-state index contributed by atoms with van der Waals surface area (Å²) in [5.41, 5.74) is 1.18. The van der Waals surface area contributed by atoms with Crippen molar-refractivity contribution in [2.24, 2.45) is 0 Å². The standard InChI is InChI=1S/C29H40ClN3O5S/c1-4-38-27-18-11-10-17-26(27)33(39(3,36)37)20-12-19-28(34)32(21-23-13-8-9-16-25(23)30)22(2)29(35)31-24-14-6-5-7-15-24/h8-11,13,16-18,22,24H,4-7,12,14-15,19-21H2,1-3H3,(H,31,35)/t22-/m0/s1. The molecule has 0 unspecified atom stereocenters. The van der Waals surface area contributed by atoms with E-state index in [1.54, 1.807) is 37.3 Å². The zero-order valence-electron chi connectivity index (χ0n) is 23.1. The van der Waals surface area contributed by atoms with Gasteiger partial charge >= 0.3 is 0 Å². The molecule has 10 heteroatoms. The molecule has 8 nitrogen and oxygen atoms in total. The van der Waals surface area contributed by atoms with Crippen LogP contribution in [-0.2, 0) is 26.2 Å². The molecule has 0 heterocycles. The molecule has 2 aromatic rings. The Hall–Kier alpha value is -2.78. The van der Waals surface area contributed by atoms with Crippen LogP contribution in [0.25, 0.3) is 0 Å². The van der Waals surface area contributed by atoms with E-state index in [1.807, 2.05) is 25.1 Å². The van der Waals surface area contributed by atoms with Crippen molar-refractivity contribution in [1.29, 1.82) is 0 Å². The van der Waals surface area contributed by atoms with E-state index >= 15 is 0 Å². The molecule has 1 atom stereocenters. The maximum absolute atomic E-state index is 13.5. The maximum atomic E-state index is 13.5. The van der Waals surface area contributed by atoms with E-state index in [0.717, 1.165) is 37.5 Å². The van der Waals surface area contributed by atoms with Gasteiger partial charge in [0.1, 0.15) is 11.8 Å². The molecule has 0 radical (unpaired) electrons. The summed E-state index contributed by atoms with van der Waals surface area (Å²) in [5.74, 6) is 0.0311. The molecule has 1 fully saturated rings. The van der Waals surface area contributed by atoms with Crippen molar-refractivity contribution in [3.05, 3.63) is 59.1 Å². The van der Waals surface area contributed by atoms with Crippen LogP contribution in [0.3, 0.4) is 0 Å². The molecule has 0 aliphatic heterocycles. The Kier molecular flexibility index (Phi) is 11.5. The van der Waals surface area contributed by atoms with Crippen molar-refractivity contribution in [3.63, 3.8) is 0 Å². The number of nitrogens with zero attached hydrogens (tertiary/aromatic N) is 2. The molecule has 1 aliphatic rings. The van der Waals surface area contributed by atoms with Crippen molar-refractivity contribution in [2.45, 2.75) is 77.4 Å². The first kappa shape index (κ1) is 30.8. The first-order chi connectivity index (χ1) is 18.6. The van der Waals surface area contributed by atoms with Crippen LogP contribution in [0, 0.1) is 0 Å². The number of amides is 2. The summed E-state index contributed by atoms with van der Waals surface area (Å²) < 4.78 is 32.2. The van der Waals surface area contributed by atoms with Crippen molar-refractivity contribution in [3.8, 4) is 5.75 Å². The quantitative estimate of drug-likeness (QED) is 0.355. The summed E-state index contributed by atoms with van der Waals surface area (Å²) in [4.78, 5) is 28.3. The van der Waals surface area contributed by atoms with Crippen LogP contribution < -0.4 is 14.4 Å². The molecule has 2 aromatic carbocycles. The summed E-state index contributed by atoms with van der Waals surface area (Å²) in [7, 11) is -3.63. The number of hydrogen-bond acceptors (Lipinski definition) is 5. The zero-order valence-corrected chi connectivity index (χ0v) is 24.6. The third-order valence-corrected chi connectivity index (χ3v) is 8.55. The Morgan fingerprint density at radius 2 is 1.74 bits per heavy atom. The third kappa shape index (κ3) is 8.86. The molecule has 2 amide bonds. The normalized spacial score (nSPS) is 14.9. The van der Waals surface area contributed by atoms with E-state index in [2.05, 4.69) is 5.32 Å². The topological polar surface area (TPSA) is 96.0 Å². The van der Waals surface area contributed by atoms with Crippen molar-refractivity contribution in [2.75, 3.05) is 23.7 Å². The lowest BCUT2D eigenvalue weighted by Crippen LogP contribution is -2.50. The van der Waals surface area contributed by atoms with E-state index in [4.69, 9.17) is 16.3 Å². The molecule has 39 heavy (non-hydrogen) atoms. The number of halogens is 1. The van der Waals surface area contributed by atoms with Crippen LogP contribution in [-0.4, -0.2) is 56.6 Å². The highest BCUT2D eigenvalue weighted by Gasteiger charge is 2.29. The predicted octanol–water partition coefficient (Wildman–Crippen LogP) is 5.15. The Morgan fingerprint density at radius 3 is 2.41 bits per heavy atom. The molecule has 0 spiro atoms. The largest absolute Gasteiger partial charge is 0.492 e. The molecule has 0 bridgehead atoms. The first-order valence-corrected chi connectivity index (χ1v) is 15.9. The maximum Gasteiger partial charge on any atom is 0.242 e. The van der Waals surface area contributed by atoms with Gasteiger partial charge in [-0.3, -0.25) is 13.9 Å². The van der Waals surface area contributed by atoms with Gasteiger partial charge in [0, 0.05) is 30.6 Å². The van der Waals surface area contributed by atoms with Gasteiger partial charge in [-0.25, -0.2) is 8.42 Å². The van der Waals surface area contributed by atoms with Crippen LogP contribution in [0.5, 0.6) is 5.75 Å². The number of anilines is 1. The van der Waals surface area contributed by atoms with Crippen molar-refractivity contribution >= 4 is 39.1 Å². The van der Waals surface area contributed by atoms with Crippen molar-refractivity contribution in [1.82, 2.24) is 10.2 Å². The van der Waals surface area contributed by atoms with Gasteiger partial charge in [-0.1, -0.05) is 61.2 Å². The van der Waals surface area contributed by atoms with Gasteiger partial charge in [0.15, 0.2) is 0 Å². The minimum atomic E-state index is -3.63. The molecule has 1 aliphatic carbocycles. The first-order valence-electron chi connectivity index (χ1n) is 13.6. The van der Waals surface area contributed by atoms with E-state index in [0.29, 0.717) is 23.1 Å². The predicted molar refractivity (Wildman–Crippen MR) is 156 cm³/mol. The summed E-state index contributed by atoms with van der Waals surface area (Å²) in [6, 6.07) is 13.6. The number of carbonyl (C=O) groups excluding carboxylic acids is 2. The fourth-order valence-electron chi connectivity index (χ4n) is 4.88. The monoisotopic (exact) mass is 577 g/mol. The van der Waals surface area contributed by atoms with Crippen molar-refractivity contribution < 1.29 is 22.7 Å². The average molecular weight is 578 g/mol. The van der Waals surface area contributed by atoms with Gasteiger partial charge in [0.25, 0.3) is 0 Å². The number of para-hydroxylation sites is 2. The van der Waals surface area contributed by atoms with Crippen LogP contribution in [0.1, 0.15) is 64.4 Å². The van der Waals surface area contributed by atoms with Crippen LogP contribution in [0.4, 0.5) is 5.69 Å². The number of hydrogen-bond donors (Lipinski definition) is 1. The highest BCUT2D eigenvalue weighted by Crippen LogP contribution is 2.30. The third-order valence-electron chi connectivity index (χ3n) is 7.00. The summed E-state index contributed by atoms with van der Waals surface area (Å²) in [5, 5.41) is 3.64. The van der Waals surface area contributed by atoms with Gasteiger partial charge in [0.05, 0.1) is 18.6 Å². The molecule has 3 rings (SSSR count).